The second kappa shape index (κ2) is 22.8. The number of hydrogen-bond acceptors (Lipinski definition) is 3. The van der Waals surface area contributed by atoms with Crippen molar-refractivity contribution in [2.45, 2.75) is 26.2 Å². The Labute approximate surface area is 668 Å². The van der Waals surface area contributed by atoms with Crippen molar-refractivity contribution >= 4 is 166 Å². The molecular weight excluding hydrogens is 1310 g/mol. The van der Waals surface area contributed by atoms with Crippen LogP contribution >= 0.6 is 0 Å². The third-order valence-electron chi connectivity index (χ3n) is 21.3. The average molecular weight is 1410 g/mol. The zero-order chi connectivity index (χ0) is 99.0. The number of aromatic nitrogens is 4. The van der Waals surface area contributed by atoms with Crippen LogP contribution < -0.4 is 26.2 Å². The van der Waals surface area contributed by atoms with Gasteiger partial charge in [-0.2, -0.15) is 0 Å². The molecule has 7 heterocycles. The first-order valence-electron chi connectivity index (χ1n) is 50.9. The molecule has 0 spiro atoms. The Morgan fingerprint density at radius 1 is 0.287 bits per heavy atom. The highest BCUT2D eigenvalue weighted by Gasteiger charge is 2.46. The second-order valence-corrected chi connectivity index (χ2v) is 27.9. The smallest absolute Gasteiger partial charge is 0.252 e. The molecule has 2 aliphatic heterocycles. The fourth-order valence-electron chi connectivity index (χ4n) is 16.7. The Morgan fingerprint density at radius 3 is 1.02 bits per heavy atom. The molecule has 506 valence electrons. The maximum Gasteiger partial charge on any atom is 0.252 e. The summed E-state index contributed by atoms with van der Waals surface area (Å²) >= 11 is 0. The largest absolute Gasteiger partial charge is 0.452 e. The molecule has 0 atom stereocenters. The summed E-state index contributed by atoms with van der Waals surface area (Å²) in [6, 6.07) is 24.6. The van der Waals surface area contributed by atoms with Gasteiger partial charge in [-0.25, -0.2) is 0 Å². The van der Waals surface area contributed by atoms with Crippen molar-refractivity contribution in [2.24, 2.45) is 0 Å². The zero-order valence-electron chi connectivity index (χ0n) is 89.2. The Morgan fingerprint density at radius 2 is 0.620 bits per heavy atom. The molecule has 108 heavy (non-hydrogen) atoms. The molecule has 0 fully saturated rings. The van der Waals surface area contributed by atoms with Crippen molar-refractivity contribution in [3.05, 3.63) is 357 Å². The molecule has 5 aromatic heterocycles. The van der Waals surface area contributed by atoms with Crippen LogP contribution in [0.25, 0.3) is 154 Å². The van der Waals surface area contributed by atoms with Crippen LogP contribution in [0.2, 0.25) is 0 Å². The summed E-state index contributed by atoms with van der Waals surface area (Å²) in [5, 5.41) is -1.54. The number of anilines is 6. The molecule has 0 saturated carbocycles. The van der Waals surface area contributed by atoms with E-state index in [1.165, 1.54) is 18.3 Å². The van der Waals surface area contributed by atoms with E-state index >= 15 is 0 Å². The van der Waals surface area contributed by atoms with E-state index in [4.69, 9.17) is 15.4 Å². The van der Waals surface area contributed by atoms with Crippen LogP contribution in [-0.4, -0.2) is 25.0 Å². The molecule has 0 saturated heterocycles. The highest BCUT2D eigenvalue weighted by atomic mass is 16.3. The predicted molar refractivity (Wildman–Crippen MR) is 455 cm³/mol. The summed E-state index contributed by atoms with van der Waals surface area (Å²) in [5.74, 6) is 0. The minimum Gasteiger partial charge on any atom is -0.452 e. The van der Waals surface area contributed by atoms with Crippen molar-refractivity contribution in [3.8, 4) is 45.0 Å². The van der Waals surface area contributed by atoms with Crippen molar-refractivity contribution < 1.29 is 48.3 Å². The SMILES string of the molecule is [2H]c1c([2H])c([2H])c2c(c1[2H])c1c([2H])c([2H])c([2H])c([2H])c1n2-c1ccc2c(c1)N(c1c(-c3ccccc3)cc(C(C)(C)C)cc1-c1ccccc1)c1cc(-n3c4c([2H])c([2H])c([2H])c([2H])c4c4c([2H])c([2H])c([2H])c([2H])c43)cc3c1B2c1ccc(-n2c4c([2H])c([2H])c([2H])c([2H])c4c4c([2H])c([2H])c([2H])c([2H])c42)cc1N3c1cccc2c1oc1c(-n3c4c([2H])c([2H])c([2H])c([2H])c4c4c([2H])c([2H])c([2H])c([2H])c43)cccc12. The van der Waals surface area contributed by atoms with E-state index in [9.17, 15) is 32.9 Å². The van der Waals surface area contributed by atoms with Gasteiger partial charge >= 0.3 is 0 Å². The first-order valence-corrected chi connectivity index (χ1v) is 34.9. The maximum absolute atomic E-state index is 10.3. The molecule has 16 aromatic carbocycles. The summed E-state index contributed by atoms with van der Waals surface area (Å²) in [7, 11) is 0. The quantitative estimate of drug-likeness (QED) is 0.142. The topological polar surface area (TPSA) is 39.3 Å². The lowest BCUT2D eigenvalue weighted by molar-refractivity contribution is 0.591. The van der Waals surface area contributed by atoms with E-state index in [1.807, 2.05) is 65.6 Å². The molecule has 23 rings (SSSR count). The number of rotatable bonds is 8. The summed E-state index contributed by atoms with van der Waals surface area (Å²) in [6.45, 7) is 4.94. The highest BCUT2D eigenvalue weighted by molar-refractivity contribution is 7.00. The molecule has 0 N–H and O–H groups in total. The molecule has 0 bridgehead atoms. The first kappa shape index (κ1) is 37.2. The molecule has 7 nitrogen and oxygen atoms in total. The van der Waals surface area contributed by atoms with Gasteiger partial charge in [0, 0.05) is 99.1 Å². The Kier molecular flexibility index (Phi) is 7.88. The molecule has 8 heteroatoms. The summed E-state index contributed by atoms with van der Waals surface area (Å²) < 4.78 is 319. The van der Waals surface area contributed by atoms with Gasteiger partial charge in [-0.3, -0.25) is 0 Å². The lowest BCUT2D eigenvalue weighted by atomic mass is 9.33. The lowest BCUT2D eigenvalue weighted by Gasteiger charge is -2.45. The monoisotopic (exact) mass is 1410 g/mol. The van der Waals surface area contributed by atoms with Gasteiger partial charge < -0.3 is 32.5 Å². The van der Waals surface area contributed by atoms with Crippen LogP contribution in [0.1, 0.15) is 70.2 Å². The molecule has 0 unspecified atom stereocenters. The molecule has 21 aromatic rings. The molecule has 0 radical (unpaired) electrons. The van der Waals surface area contributed by atoms with Gasteiger partial charge in [-0.15, -0.1) is 0 Å². The van der Waals surface area contributed by atoms with E-state index < -0.39 is 205 Å². The highest BCUT2D eigenvalue weighted by Crippen LogP contribution is 2.55. The third kappa shape index (κ3) is 8.62. The number of para-hydroxylation sites is 10. The number of furan rings is 1. The minimum atomic E-state index is -1.23. The Hall–Kier alpha value is -13.8. The zero-order valence-corrected chi connectivity index (χ0v) is 57.2. The normalized spacial score (nSPS) is 17.0. The Balaban J connectivity index is 0.960. The number of benzene rings is 16. The van der Waals surface area contributed by atoms with Crippen LogP contribution in [0.3, 0.4) is 0 Å². The van der Waals surface area contributed by atoms with Gasteiger partial charge in [0.1, 0.15) is 0 Å². The number of hydrogen-bond donors (Lipinski definition) is 0. The minimum absolute atomic E-state index is 0.00370. The number of nitrogens with zero attached hydrogens (tertiary/aromatic N) is 6. The van der Waals surface area contributed by atoms with Gasteiger partial charge in [0.2, 0.25) is 0 Å². The Bertz CT molecular complexity index is 9060. The maximum atomic E-state index is 10.3. The molecule has 0 aliphatic carbocycles. The average Bonchev–Trinajstić information content (AvgIpc) is 1.43. The van der Waals surface area contributed by atoms with Gasteiger partial charge in [-0.05, 0) is 147 Å². The molecular formula is C100H67BN6O. The van der Waals surface area contributed by atoms with Crippen molar-refractivity contribution in [3.63, 3.8) is 0 Å². The first-order chi connectivity index (χ1) is 66.5. The molecule has 0 amide bonds. The van der Waals surface area contributed by atoms with Crippen molar-refractivity contribution in [1.29, 1.82) is 0 Å². The van der Waals surface area contributed by atoms with Gasteiger partial charge in [-0.1, -0.05) is 263 Å². The second-order valence-electron chi connectivity index (χ2n) is 27.9. The number of fused-ring (bicyclic) bond motifs is 19. The fourth-order valence-corrected chi connectivity index (χ4v) is 16.7. The van der Waals surface area contributed by atoms with Crippen LogP contribution in [0, 0.1) is 0 Å². The van der Waals surface area contributed by atoms with Crippen LogP contribution in [0.5, 0.6) is 0 Å². The van der Waals surface area contributed by atoms with E-state index in [0.29, 0.717) is 55.1 Å². The predicted octanol–water partition coefficient (Wildman–Crippen LogP) is 24.7. The van der Waals surface area contributed by atoms with Gasteiger partial charge in [0.25, 0.3) is 6.71 Å². The summed E-state index contributed by atoms with van der Waals surface area (Å²) in [5.41, 5.74) is 2.53. The van der Waals surface area contributed by atoms with Crippen LogP contribution in [0.15, 0.2) is 356 Å². The summed E-state index contributed by atoms with van der Waals surface area (Å²) in [6.07, 6.45) is 0. The van der Waals surface area contributed by atoms with E-state index in [-0.39, 0.29) is 150 Å². The fraction of sp³-hybridized carbons (Fsp3) is 0.0400. The summed E-state index contributed by atoms with van der Waals surface area (Å²) in [4.78, 5) is 3.74. The van der Waals surface area contributed by atoms with Crippen molar-refractivity contribution in [2.75, 3.05) is 9.80 Å². The van der Waals surface area contributed by atoms with E-state index in [0.717, 1.165) is 5.56 Å². The molecule has 2 aliphatic rings. The van der Waals surface area contributed by atoms with Gasteiger partial charge in [0.05, 0.1) is 111 Å². The van der Waals surface area contributed by atoms with Crippen LogP contribution in [-0.2, 0) is 5.41 Å². The van der Waals surface area contributed by atoms with Crippen molar-refractivity contribution in [1.82, 2.24) is 18.3 Å². The standard InChI is InChI=1S/C100H67BN6O/c1-100(2,3)64-56-78(62-28-6-4-7-29-62)97(79(57-64)63-30-8-5-9-31-63)107-93-59-66(103-84-44-20-12-34-70(84)71-35-13-21-45-85(71)103)53-55-81(93)101-80-54-52-65(102-82-42-18-10-32-68(82)69-33-11-19-43-83(69)102)58-92(80)106(94-60-67(61-95(107)96(94)101)104-86-46-22-14-36-72(86)73-37-15-23-47-87(73)104)91-51-27-41-77-76-40-26-50-90(98(76)108-99(77)91)105-88-48-24-16-38-74(88)75-39-17-25-49-89(75)105/h4-61H,1-3H3/i10D,11D,12D,13D,14D,15D,16D,17D,18D,19D,20D,21D,22D,23D,24D,25D,32D,33D,34D,35D,36D,37D,38D,39D,42D,43D,44D,45D,46D,47D,48D,49D. The third-order valence-corrected chi connectivity index (χ3v) is 21.3. The van der Waals surface area contributed by atoms with E-state index in [2.05, 4.69) is 32.9 Å². The lowest BCUT2D eigenvalue weighted by Crippen LogP contribution is -2.61. The van der Waals surface area contributed by atoms with Crippen LogP contribution in [0.4, 0.5) is 34.1 Å². The van der Waals surface area contributed by atoms with E-state index in [1.54, 1.807) is 89.8 Å². The van der Waals surface area contributed by atoms with Gasteiger partial charge in [0.15, 0.2) is 11.2 Å².